The summed E-state index contributed by atoms with van der Waals surface area (Å²) >= 11 is 0. The summed E-state index contributed by atoms with van der Waals surface area (Å²) in [7, 11) is 0. The molecule has 3 heteroatoms. The maximum atomic E-state index is 5.55. The van der Waals surface area contributed by atoms with Crippen LogP contribution in [-0.4, -0.2) is 31.5 Å². The van der Waals surface area contributed by atoms with Gasteiger partial charge >= 0.3 is 0 Å². The van der Waals surface area contributed by atoms with Gasteiger partial charge in [-0.25, -0.2) is 0 Å². The fraction of sp³-hybridized carbons (Fsp3) is 0.455. The average molecular weight is 191 g/mol. The minimum Gasteiger partial charge on any atom is -0.377 e. The van der Waals surface area contributed by atoms with Crippen LogP contribution in [0, 0.1) is 0 Å². The number of anilines is 1. The lowest BCUT2D eigenvalue weighted by atomic mass is 10.1. The van der Waals surface area contributed by atoms with Gasteiger partial charge in [0.15, 0.2) is 0 Å². The van der Waals surface area contributed by atoms with E-state index in [0.29, 0.717) is 12.1 Å². The maximum Gasteiger partial charge on any atom is 0.109 e. The molecule has 0 saturated carbocycles. The van der Waals surface area contributed by atoms with Crippen molar-refractivity contribution in [2.75, 3.05) is 18.5 Å². The molecule has 74 valence electrons. The van der Waals surface area contributed by atoms with Crippen LogP contribution in [-0.2, 0) is 9.47 Å². The molecule has 0 radical (unpaired) electrons. The van der Waals surface area contributed by atoms with E-state index in [0.717, 1.165) is 18.9 Å². The van der Waals surface area contributed by atoms with Crippen molar-refractivity contribution in [2.45, 2.75) is 18.2 Å². The number of nitrogens with one attached hydrogen (secondary N) is 1. The number of rotatable bonds is 2. The summed E-state index contributed by atoms with van der Waals surface area (Å²) in [6.07, 6.45) is 0.589. The predicted octanol–water partition coefficient (Wildman–Crippen LogP) is 1.26. The predicted molar refractivity (Wildman–Crippen MR) is 53.3 cm³/mol. The molecule has 0 bridgehead atoms. The molecule has 3 rings (SSSR count). The SMILES string of the molecule is c1ccc(NC2COC3COC23)cc1. The van der Waals surface area contributed by atoms with Gasteiger partial charge in [-0.3, -0.25) is 0 Å². The first kappa shape index (κ1) is 8.26. The molecular weight excluding hydrogens is 178 g/mol. The number of benzene rings is 1. The molecule has 2 aliphatic rings. The molecule has 3 unspecified atom stereocenters. The van der Waals surface area contributed by atoms with Gasteiger partial charge in [0.05, 0.1) is 19.3 Å². The van der Waals surface area contributed by atoms with E-state index in [9.17, 15) is 0 Å². The Morgan fingerprint density at radius 3 is 2.57 bits per heavy atom. The first-order chi connectivity index (χ1) is 6.93. The van der Waals surface area contributed by atoms with Gasteiger partial charge in [-0.1, -0.05) is 18.2 Å². The highest BCUT2D eigenvalue weighted by Crippen LogP contribution is 2.28. The van der Waals surface area contributed by atoms with Crippen LogP contribution in [0.1, 0.15) is 0 Å². The van der Waals surface area contributed by atoms with Gasteiger partial charge in [0, 0.05) is 5.69 Å². The minimum atomic E-state index is 0.259. The number of fused-ring (bicyclic) bond motifs is 1. The first-order valence-electron chi connectivity index (χ1n) is 4.98. The van der Waals surface area contributed by atoms with Crippen molar-refractivity contribution in [1.29, 1.82) is 0 Å². The molecule has 1 N–H and O–H groups in total. The van der Waals surface area contributed by atoms with E-state index in [2.05, 4.69) is 17.4 Å². The highest BCUT2D eigenvalue weighted by atomic mass is 16.6. The fourth-order valence-corrected chi connectivity index (χ4v) is 2.00. The van der Waals surface area contributed by atoms with Crippen LogP contribution in [0.2, 0.25) is 0 Å². The van der Waals surface area contributed by atoms with Gasteiger partial charge in [0.25, 0.3) is 0 Å². The monoisotopic (exact) mass is 191 g/mol. The summed E-state index contributed by atoms with van der Waals surface area (Å²) in [5.41, 5.74) is 1.14. The molecule has 3 atom stereocenters. The minimum absolute atomic E-state index is 0.259. The first-order valence-corrected chi connectivity index (χ1v) is 4.98. The Bertz CT molecular complexity index is 314. The van der Waals surface area contributed by atoms with Crippen LogP contribution >= 0.6 is 0 Å². The van der Waals surface area contributed by atoms with E-state index < -0.39 is 0 Å². The third-order valence-corrected chi connectivity index (χ3v) is 2.83. The molecule has 0 spiro atoms. The maximum absolute atomic E-state index is 5.55. The molecule has 3 nitrogen and oxygen atoms in total. The van der Waals surface area contributed by atoms with Gasteiger partial charge in [0.1, 0.15) is 12.2 Å². The lowest BCUT2D eigenvalue weighted by molar-refractivity contribution is -0.136. The third-order valence-electron chi connectivity index (χ3n) is 2.83. The molecule has 2 heterocycles. The van der Waals surface area contributed by atoms with Crippen molar-refractivity contribution in [1.82, 2.24) is 0 Å². The van der Waals surface area contributed by atoms with E-state index in [1.54, 1.807) is 0 Å². The highest BCUT2D eigenvalue weighted by Gasteiger charge is 2.45. The number of ether oxygens (including phenoxy) is 2. The molecule has 1 aromatic rings. The van der Waals surface area contributed by atoms with Crippen LogP contribution in [0.4, 0.5) is 5.69 Å². The Labute approximate surface area is 83.0 Å². The smallest absolute Gasteiger partial charge is 0.109 e. The second-order valence-corrected chi connectivity index (χ2v) is 3.79. The van der Waals surface area contributed by atoms with Gasteiger partial charge in [-0.15, -0.1) is 0 Å². The Balaban J connectivity index is 1.68. The molecular formula is C11H13NO2. The van der Waals surface area contributed by atoms with Gasteiger partial charge < -0.3 is 14.8 Å². The zero-order valence-electron chi connectivity index (χ0n) is 7.85. The number of hydrogen-bond acceptors (Lipinski definition) is 3. The van der Waals surface area contributed by atoms with Gasteiger partial charge in [-0.2, -0.15) is 0 Å². The normalized spacial score (nSPS) is 34.7. The summed E-state index contributed by atoms with van der Waals surface area (Å²) in [6.45, 7) is 1.52. The Kier molecular flexibility index (Phi) is 1.92. The van der Waals surface area contributed by atoms with Crippen LogP contribution in [0.25, 0.3) is 0 Å². The van der Waals surface area contributed by atoms with Gasteiger partial charge in [-0.05, 0) is 12.1 Å². The molecule has 0 aromatic heterocycles. The Morgan fingerprint density at radius 1 is 1.07 bits per heavy atom. The fourth-order valence-electron chi connectivity index (χ4n) is 2.00. The molecule has 2 aliphatic heterocycles. The Hall–Kier alpha value is -1.06. The van der Waals surface area contributed by atoms with Crippen molar-refractivity contribution < 1.29 is 9.47 Å². The van der Waals surface area contributed by atoms with Crippen molar-refractivity contribution in [3.05, 3.63) is 30.3 Å². The molecule has 0 amide bonds. The van der Waals surface area contributed by atoms with Crippen LogP contribution in [0.3, 0.4) is 0 Å². The third kappa shape index (κ3) is 1.29. The van der Waals surface area contributed by atoms with Gasteiger partial charge in [0.2, 0.25) is 0 Å². The summed E-state index contributed by atoms with van der Waals surface area (Å²) in [6, 6.07) is 10.5. The van der Waals surface area contributed by atoms with E-state index in [1.165, 1.54) is 0 Å². The summed E-state index contributed by atoms with van der Waals surface area (Å²) in [5.74, 6) is 0. The summed E-state index contributed by atoms with van der Waals surface area (Å²) < 4.78 is 11.0. The average Bonchev–Trinajstić information content (AvgIpc) is 2.42. The number of para-hydroxylation sites is 1. The zero-order valence-corrected chi connectivity index (χ0v) is 7.85. The number of hydrogen-bond donors (Lipinski definition) is 1. The molecule has 2 fully saturated rings. The van der Waals surface area contributed by atoms with Crippen molar-refractivity contribution in [2.24, 2.45) is 0 Å². The topological polar surface area (TPSA) is 30.5 Å². The molecule has 2 saturated heterocycles. The van der Waals surface area contributed by atoms with Crippen molar-refractivity contribution in [3.8, 4) is 0 Å². The zero-order chi connectivity index (χ0) is 9.38. The van der Waals surface area contributed by atoms with E-state index >= 15 is 0 Å². The lowest BCUT2D eigenvalue weighted by Crippen LogP contribution is -2.49. The summed E-state index contributed by atoms with van der Waals surface area (Å²) in [5, 5.41) is 3.42. The quantitative estimate of drug-likeness (QED) is 0.763. The van der Waals surface area contributed by atoms with Crippen molar-refractivity contribution in [3.63, 3.8) is 0 Å². The lowest BCUT2D eigenvalue weighted by Gasteiger charge is -2.32. The second-order valence-electron chi connectivity index (χ2n) is 3.79. The molecule has 0 aliphatic carbocycles. The molecule has 14 heavy (non-hydrogen) atoms. The van der Waals surface area contributed by atoms with E-state index in [4.69, 9.17) is 9.47 Å². The molecule has 1 aromatic carbocycles. The van der Waals surface area contributed by atoms with Crippen LogP contribution in [0.5, 0.6) is 0 Å². The highest BCUT2D eigenvalue weighted by molar-refractivity contribution is 5.44. The van der Waals surface area contributed by atoms with Crippen LogP contribution < -0.4 is 5.32 Å². The van der Waals surface area contributed by atoms with E-state index in [-0.39, 0.29) is 6.10 Å². The van der Waals surface area contributed by atoms with Crippen molar-refractivity contribution >= 4 is 5.69 Å². The van der Waals surface area contributed by atoms with Crippen LogP contribution in [0.15, 0.2) is 30.3 Å². The van der Waals surface area contributed by atoms with E-state index in [1.807, 2.05) is 18.2 Å². The standard InChI is InChI=1S/C11H13NO2/c1-2-4-8(5-3-1)12-9-6-13-10-7-14-11(9)10/h1-5,9-12H,6-7H2. The second kappa shape index (κ2) is 3.26. The summed E-state index contributed by atoms with van der Waals surface area (Å²) in [4.78, 5) is 0. The Morgan fingerprint density at radius 2 is 1.93 bits per heavy atom. The largest absolute Gasteiger partial charge is 0.377 e.